The molecule has 286 valence electrons. The van der Waals surface area contributed by atoms with Gasteiger partial charge in [0.1, 0.15) is 28.5 Å². The number of azo groups is 2. The van der Waals surface area contributed by atoms with Crippen LogP contribution in [0.4, 0.5) is 34.1 Å². The zero-order valence-corrected chi connectivity index (χ0v) is 31.6. The lowest BCUT2D eigenvalue weighted by Crippen LogP contribution is -2.15. The summed E-state index contributed by atoms with van der Waals surface area (Å²) >= 11 is 0. The molecule has 0 radical (unpaired) electrons. The average Bonchev–Trinajstić information content (AvgIpc) is 3.80. The third-order valence-corrected chi connectivity index (χ3v) is 11.0. The van der Waals surface area contributed by atoms with E-state index in [2.05, 4.69) is 20.5 Å². The summed E-state index contributed by atoms with van der Waals surface area (Å²) < 4.78 is 1.58. The molecule has 0 saturated carbocycles. The molecule has 1 aliphatic rings. The summed E-state index contributed by atoms with van der Waals surface area (Å²) in [5, 5.41) is 46.2. The van der Waals surface area contributed by atoms with Gasteiger partial charge >= 0.3 is 0 Å². The molecule has 12 heteroatoms. The first-order valence-corrected chi connectivity index (χ1v) is 19.0. The Morgan fingerprint density at radius 2 is 1.25 bits per heavy atom. The van der Waals surface area contributed by atoms with Crippen LogP contribution in [0.15, 0.2) is 171 Å². The molecule has 60 heavy (non-hydrogen) atoms. The van der Waals surface area contributed by atoms with Crippen LogP contribution in [0.1, 0.15) is 15.9 Å². The summed E-state index contributed by atoms with van der Waals surface area (Å²) in [5.74, 6) is -0.462. The normalized spacial score (nSPS) is 12.6. The Hall–Kier alpha value is -8.35. The van der Waals surface area contributed by atoms with Gasteiger partial charge in [0.2, 0.25) is 0 Å². The number of aromatic hydroxyl groups is 2. The molecule has 8 aromatic carbocycles. The summed E-state index contributed by atoms with van der Waals surface area (Å²) in [7, 11) is 1.52. The van der Waals surface area contributed by atoms with Gasteiger partial charge in [0.05, 0.1) is 35.2 Å². The minimum absolute atomic E-state index is 0.121. The molecule has 2 aromatic heterocycles. The lowest BCUT2D eigenvalue weighted by atomic mass is 10.0. The molecule has 0 unspecified atom stereocenters. The minimum Gasteiger partial charge on any atom is -0.506 e. The number of fused-ring (bicyclic) bond motifs is 8. The van der Waals surface area contributed by atoms with E-state index in [1.165, 1.54) is 12.2 Å². The van der Waals surface area contributed by atoms with Gasteiger partial charge in [-0.1, -0.05) is 78.9 Å². The van der Waals surface area contributed by atoms with Crippen LogP contribution in [-0.2, 0) is 4.84 Å². The van der Waals surface area contributed by atoms with E-state index < -0.39 is 0 Å². The van der Waals surface area contributed by atoms with Gasteiger partial charge in [-0.25, -0.2) is 10.0 Å². The maximum Gasteiger partial charge on any atom is 0.264 e. The van der Waals surface area contributed by atoms with Gasteiger partial charge in [-0.3, -0.25) is 18.8 Å². The number of phenolic OH excluding ortho intramolecular Hbond substituents is 2. The molecule has 0 atom stereocenters. The fourth-order valence-corrected chi connectivity index (χ4v) is 8.31. The summed E-state index contributed by atoms with van der Waals surface area (Å²) in [6.45, 7) is 0. The number of anilines is 2. The number of carbonyl (C=O) groups is 1. The van der Waals surface area contributed by atoms with Crippen LogP contribution in [-0.4, -0.2) is 32.5 Å². The number of phenols is 2. The lowest BCUT2D eigenvalue weighted by molar-refractivity contribution is 0.104. The van der Waals surface area contributed by atoms with Crippen LogP contribution in [0.5, 0.6) is 11.5 Å². The van der Waals surface area contributed by atoms with Crippen LogP contribution in [0.2, 0.25) is 0 Å². The van der Waals surface area contributed by atoms with Crippen molar-refractivity contribution in [2.75, 3.05) is 12.2 Å². The number of hydrogen-bond acceptors (Lipinski definition) is 11. The van der Waals surface area contributed by atoms with Gasteiger partial charge in [-0.15, -0.1) is 10.2 Å². The van der Waals surface area contributed by atoms with Crippen LogP contribution in [0.25, 0.3) is 60.1 Å². The van der Waals surface area contributed by atoms with Gasteiger partial charge in [0.15, 0.2) is 11.5 Å². The van der Waals surface area contributed by atoms with E-state index in [4.69, 9.17) is 9.82 Å². The highest BCUT2D eigenvalue weighted by Gasteiger charge is 2.28. The Morgan fingerprint density at radius 3 is 2.00 bits per heavy atom. The van der Waals surface area contributed by atoms with E-state index in [9.17, 15) is 19.8 Å². The number of hydrogen-bond donors (Lipinski definition) is 2. The number of carbonyl (C=O) groups excluding carboxylic acids is 1. The number of nitrogens with zero attached hydrogens (tertiary/aromatic N) is 7. The molecule has 12 nitrogen and oxygen atoms in total. The standard InChI is InChI=1S/C48H29N7O5/c1-60-55(29-11-3-2-4-12-29)40-22-26-10-5-6-13-30(26)44(46(40)58)53-51-28-19-21-32-31-20-18-27(23-35(31)45(57)36(32)24-28)50-52-43-33-14-9-15-34-42(33)37(25-41(43)56)47-49-38-16-7-8-17-39(38)54(47)48(34)59/h2-25,56,58H,1H3. The van der Waals surface area contributed by atoms with Crippen molar-refractivity contribution < 1.29 is 19.8 Å². The molecule has 0 amide bonds. The Bertz CT molecular complexity index is 3570. The zero-order valence-electron chi connectivity index (χ0n) is 31.6. The highest BCUT2D eigenvalue weighted by Crippen LogP contribution is 2.47. The number of benzene rings is 8. The van der Waals surface area contributed by atoms with E-state index >= 15 is 0 Å². The molecule has 10 aromatic rings. The number of para-hydroxylation sites is 3. The minimum atomic E-state index is -0.218. The van der Waals surface area contributed by atoms with Crippen molar-refractivity contribution in [3.8, 4) is 22.6 Å². The molecule has 0 saturated heterocycles. The lowest BCUT2D eigenvalue weighted by Gasteiger charge is -2.23. The summed E-state index contributed by atoms with van der Waals surface area (Å²) in [4.78, 5) is 38.1. The van der Waals surface area contributed by atoms with Gasteiger partial charge in [-0.2, -0.15) is 10.2 Å². The highest BCUT2D eigenvalue weighted by molar-refractivity contribution is 6.22. The van der Waals surface area contributed by atoms with Crippen LogP contribution in [0.3, 0.4) is 0 Å². The largest absolute Gasteiger partial charge is 0.506 e. The van der Waals surface area contributed by atoms with Crippen molar-refractivity contribution in [1.82, 2.24) is 9.38 Å². The molecule has 0 spiro atoms. The Kier molecular flexibility index (Phi) is 7.77. The Balaban J connectivity index is 0.922. The number of pyridine rings is 1. The van der Waals surface area contributed by atoms with Crippen LogP contribution >= 0.6 is 0 Å². The predicted octanol–water partition coefficient (Wildman–Crippen LogP) is 11.9. The maximum absolute atomic E-state index is 13.9. The van der Waals surface area contributed by atoms with Crippen molar-refractivity contribution in [3.63, 3.8) is 0 Å². The second kappa shape index (κ2) is 13.4. The highest BCUT2D eigenvalue weighted by atomic mass is 16.7. The molecule has 2 N–H and O–H groups in total. The summed E-state index contributed by atoms with van der Waals surface area (Å²) in [6.07, 6.45) is 0. The first-order chi connectivity index (χ1) is 29.4. The molecule has 2 heterocycles. The van der Waals surface area contributed by atoms with Gasteiger partial charge in [0.25, 0.3) is 5.56 Å². The number of imidazole rings is 1. The molecule has 1 aliphatic carbocycles. The van der Waals surface area contributed by atoms with E-state index in [0.29, 0.717) is 77.5 Å². The second-order valence-corrected chi connectivity index (χ2v) is 14.4. The van der Waals surface area contributed by atoms with Gasteiger partial charge < -0.3 is 10.2 Å². The van der Waals surface area contributed by atoms with Crippen molar-refractivity contribution in [3.05, 3.63) is 167 Å². The van der Waals surface area contributed by atoms with Crippen molar-refractivity contribution in [2.45, 2.75) is 0 Å². The Labute approximate surface area is 339 Å². The average molecular weight is 784 g/mol. The molecule has 11 rings (SSSR count). The smallest absolute Gasteiger partial charge is 0.264 e. The third kappa shape index (κ3) is 5.25. The van der Waals surface area contributed by atoms with E-state index in [1.807, 2.05) is 97.1 Å². The topological polar surface area (TPSA) is 154 Å². The second-order valence-electron chi connectivity index (χ2n) is 14.4. The Morgan fingerprint density at radius 1 is 0.600 bits per heavy atom. The quantitative estimate of drug-likeness (QED) is 0.120. The van der Waals surface area contributed by atoms with E-state index in [0.717, 1.165) is 16.5 Å². The fraction of sp³-hybridized carbons (Fsp3) is 0.0208. The number of aromatic nitrogens is 2. The maximum atomic E-state index is 13.9. The van der Waals surface area contributed by atoms with Gasteiger partial charge in [0, 0.05) is 38.1 Å². The van der Waals surface area contributed by atoms with Crippen LogP contribution < -0.4 is 10.6 Å². The van der Waals surface area contributed by atoms with Crippen molar-refractivity contribution >= 4 is 88.9 Å². The van der Waals surface area contributed by atoms with Crippen molar-refractivity contribution in [1.29, 1.82) is 0 Å². The van der Waals surface area contributed by atoms with E-state index in [1.54, 1.807) is 52.9 Å². The first-order valence-electron chi connectivity index (χ1n) is 19.0. The number of rotatable bonds is 7. The monoisotopic (exact) mass is 783 g/mol. The summed E-state index contributed by atoms with van der Waals surface area (Å²) in [5.41, 5.74) is 6.32. The van der Waals surface area contributed by atoms with E-state index in [-0.39, 0.29) is 34.2 Å². The molecule has 0 fully saturated rings. The van der Waals surface area contributed by atoms with Crippen molar-refractivity contribution in [2.24, 2.45) is 20.5 Å². The van der Waals surface area contributed by atoms with Gasteiger partial charge in [-0.05, 0) is 83.2 Å². The SMILES string of the molecule is CON(c1ccccc1)c1cc2ccccc2c(N=Nc2ccc3c(c2)C(=O)c2cc(N=Nc4c(O)cc5c6c4cccc6c(=O)n4c6ccccc6nc54)ccc2-3)c1O. The fourth-order valence-electron chi connectivity index (χ4n) is 8.31. The number of ketones is 1. The third-order valence-electron chi connectivity index (χ3n) is 11.0. The molecule has 0 bridgehead atoms. The van der Waals surface area contributed by atoms with Crippen LogP contribution in [0, 0.1) is 0 Å². The predicted molar refractivity (Wildman–Crippen MR) is 232 cm³/mol. The first kappa shape index (κ1) is 34.9. The molecular weight excluding hydrogens is 755 g/mol. The zero-order chi connectivity index (χ0) is 40.6. The summed E-state index contributed by atoms with van der Waals surface area (Å²) in [6, 6.07) is 43.6. The molecular formula is C48H29N7O5. The molecule has 0 aliphatic heterocycles.